The Morgan fingerprint density at radius 3 is 2.60 bits per heavy atom. The molecule has 1 fully saturated rings. The van der Waals surface area contributed by atoms with Crippen LogP contribution in [0.5, 0.6) is 0 Å². The van der Waals surface area contributed by atoms with Crippen LogP contribution in [0, 0.1) is 11.8 Å². The second-order valence-corrected chi connectivity index (χ2v) is 5.61. The molecule has 0 amide bonds. The van der Waals surface area contributed by atoms with Crippen molar-refractivity contribution in [3.8, 4) is 0 Å². The molecular weight excluding hydrogens is 252 g/mol. The highest BCUT2D eigenvalue weighted by Gasteiger charge is 2.27. The molecule has 1 saturated carbocycles. The zero-order valence-corrected chi connectivity index (χ0v) is 12.8. The molecule has 1 aromatic heterocycles. The van der Waals surface area contributed by atoms with Crippen LogP contribution in [0.3, 0.4) is 0 Å². The molecule has 1 atom stereocenters. The van der Waals surface area contributed by atoms with E-state index in [9.17, 15) is 0 Å². The van der Waals surface area contributed by atoms with Gasteiger partial charge in [-0.1, -0.05) is 13.8 Å². The average molecular weight is 278 g/mol. The third-order valence-corrected chi connectivity index (χ3v) is 3.63. The van der Waals surface area contributed by atoms with E-state index in [4.69, 9.17) is 4.74 Å². The summed E-state index contributed by atoms with van der Waals surface area (Å²) in [6.07, 6.45) is 3.83. The summed E-state index contributed by atoms with van der Waals surface area (Å²) in [7, 11) is 1.66. The van der Waals surface area contributed by atoms with Crippen molar-refractivity contribution >= 4 is 11.6 Å². The molecule has 5 heteroatoms. The number of nitrogens with one attached hydrogen (secondary N) is 2. The van der Waals surface area contributed by atoms with Crippen LogP contribution in [0.25, 0.3) is 0 Å². The summed E-state index contributed by atoms with van der Waals surface area (Å²) in [6, 6.07) is 1.98. The quantitative estimate of drug-likeness (QED) is 0.727. The summed E-state index contributed by atoms with van der Waals surface area (Å²) in [4.78, 5) is 8.94. The van der Waals surface area contributed by atoms with Crippen molar-refractivity contribution in [1.82, 2.24) is 9.97 Å². The number of hydrogen-bond donors (Lipinski definition) is 2. The highest BCUT2D eigenvalue weighted by Crippen LogP contribution is 2.36. The van der Waals surface area contributed by atoms with Crippen molar-refractivity contribution < 1.29 is 4.74 Å². The Morgan fingerprint density at radius 2 is 2.00 bits per heavy atom. The summed E-state index contributed by atoms with van der Waals surface area (Å²) in [5.74, 6) is 4.09. The second kappa shape index (κ2) is 7.43. The van der Waals surface area contributed by atoms with Gasteiger partial charge in [-0.25, -0.2) is 9.97 Å². The molecule has 1 aliphatic carbocycles. The Balaban J connectivity index is 1.98. The predicted octanol–water partition coefficient (Wildman–Crippen LogP) is 2.90. The highest BCUT2D eigenvalue weighted by molar-refractivity contribution is 5.47. The first kappa shape index (κ1) is 15.0. The van der Waals surface area contributed by atoms with E-state index in [0.29, 0.717) is 12.5 Å². The van der Waals surface area contributed by atoms with Gasteiger partial charge >= 0.3 is 0 Å². The van der Waals surface area contributed by atoms with Crippen molar-refractivity contribution in [2.75, 3.05) is 30.8 Å². The van der Waals surface area contributed by atoms with E-state index in [0.717, 1.165) is 42.9 Å². The Hall–Kier alpha value is -1.36. The predicted molar refractivity (Wildman–Crippen MR) is 81.9 cm³/mol. The molecular formula is C15H26N4O. The summed E-state index contributed by atoms with van der Waals surface area (Å²) in [5, 5.41) is 6.74. The van der Waals surface area contributed by atoms with Crippen LogP contribution in [0.1, 0.15) is 38.9 Å². The fourth-order valence-electron chi connectivity index (χ4n) is 2.22. The molecule has 112 valence electrons. The molecule has 0 saturated heterocycles. The van der Waals surface area contributed by atoms with Crippen LogP contribution >= 0.6 is 0 Å². The minimum atomic E-state index is 0.439. The smallest absolute Gasteiger partial charge is 0.158 e. The van der Waals surface area contributed by atoms with Crippen molar-refractivity contribution in [1.29, 1.82) is 0 Å². The SMILES string of the molecule is CCCNc1cc(NCC(C)C2CC2)nc(COC)n1. The second-order valence-electron chi connectivity index (χ2n) is 5.61. The molecule has 1 aromatic rings. The van der Waals surface area contributed by atoms with Crippen molar-refractivity contribution in [2.45, 2.75) is 39.7 Å². The molecule has 0 spiro atoms. The zero-order valence-electron chi connectivity index (χ0n) is 12.8. The third-order valence-electron chi connectivity index (χ3n) is 3.63. The van der Waals surface area contributed by atoms with Crippen molar-refractivity contribution in [2.24, 2.45) is 11.8 Å². The lowest BCUT2D eigenvalue weighted by atomic mass is 10.1. The number of ether oxygens (including phenoxy) is 1. The van der Waals surface area contributed by atoms with Crippen LogP contribution in [-0.2, 0) is 11.3 Å². The largest absolute Gasteiger partial charge is 0.377 e. The first-order valence-corrected chi connectivity index (χ1v) is 7.57. The molecule has 1 aliphatic rings. The number of hydrogen-bond acceptors (Lipinski definition) is 5. The van der Waals surface area contributed by atoms with Crippen LogP contribution in [0.15, 0.2) is 6.07 Å². The normalized spacial score (nSPS) is 15.9. The third kappa shape index (κ3) is 4.63. The lowest BCUT2D eigenvalue weighted by Crippen LogP contribution is -2.15. The zero-order chi connectivity index (χ0) is 14.4. The molecule has 0 bridgehead atoms. The maximum Gasteiger partial charge on any atom is 0.158 e. The lowest BCUT2D eigenvalue weighted by Gasteiger charge is -2.14. The number of anilines is 2. The van der Waals surface area contributed by atoms with Gasteiger partial charge in [0.15, 0.2) is 5.82 Å². The number of methoxy groups -OCH3 is 1. The van der Waals surface area contributed by atoms with Crippen molar-refractivity contribution in [3.05, 3.63) is 11.9 Å². The molecule has 0 aromatic carbocycles. The maximum absolute atomic E-state index is 5.14. The summed E-state index contributed by atoms with van der Waals surface area (Å²) < 4.78 is 5.14. The van der Waals surface area contributed by atoms with Gasteiger partial charge in [0.25, 0.3) is 0 Å². The van der Waals surface area contributed by atoms with Gasteiger partial charge in [-0.15, -0.1) is 0 Å². The molecule has 20 heavy (non-hydrogen) atoms. The molecule has 1 unspecified atom stereocenters. The topological polar surface area (TPSA) is 59.1 Å². The molecule has 2 rings (SSSR count). The molecule has 0 aliphatic heterocycles. The highest BCUT2D eigenvalue weighted by atomic mass is 16.5. The van der Waals surface area contributed by atoms with E-state index < -0.39 is 0 Å². The Morgan fingerprint density at radius 1 is 1.30 bits per heavy atom. The van der Waals surface area contributed by atoms with Gasteiger partial charge in [-0.3, -0.25) is 0 Å². The van der Waals surface area contributed by atoms with Crippen LogP contribution in [0.2, 0.25) is 0 Å². The van der Waals surface area contributed by atoms with E-state index >= 15 is 0 Å². The fraction of sp³-hybridized carbons (Fsp3) is 0.733. The molecule has 1 heterocycles. The minimum Gasteiger partial charge on any atom is -0.377 e. The van der Waals surface area contributed by atoms with E-state index in [1.54, 1.807) is 7.11 Å². The minimum absolute atomic E-state index is 0.439. The Kier molecular flexibility index (Phi) is 5.59. The summed E-state index contributed by atoms with van der Waals surface area (Å²) in [5.41, 5.74) is 0. The number of aromatic nitrogens is 2. The van der Waals surface area contributed by atoms with Crippen LogP contribution < -0.4 is 10.6 Å². The monoisotopic (exact) mass is 278 g/mol. The van der Waals surface area contributed by atoms with Gasteiger partial charge in [-0.2, -0.15) is 0 Å². The van der Waals surface area contributed by atoms with Gasteiger partial charge in [0.2, 0.25) is 0 Å². The number of nitrogens with zero attached hydrogens (tertiary/aromatic N) is 2. The lowest BCUT2D eigenvalue weighted by molar-refractivity contribution is 0.178. The first-order chi connectivity index (χ1) is 9.72. The van der Waals surface area contributed by atoms with Gasteiger partial charge in [0, 0.05) is 26.3 Å². The standard InChI is InChI=1S/C15H26N4O/c1-4-7-16-13-8-14(19-15(18-13)10-20-3)17-9-11(2)12-5-6-12/h8,11-12H,4-7,9-10H2,1-3H3,(H2,16,17,18,19). The van der Waals surface area contributed by atoms with E-state index in [1.807, 2.05) is 6.07 Å². The van der Waals surface area contributed by atoms with E-state index in [-0.39, 0.29) is 0 Å². The molecule has 2 N–H and O–H groups in total. The Bertz CT molecular complexity index is 420. The van der Waals surface area contributed by atoms with Gasteiger partial charge in [-0.05, 0) is 31.1 Å². The van der Waals surface area contributed by atoms with Gasteiger partial charge in [0.1, 0.15) is 18.2 Å². The maximum atomic E-state index is 5.14. The average Bonchev–Trinajstić information content (AvgIpc) is 3.27. The number of rotatable bonds is 9. The first-order valence-electron chi connectivity index (χ1n) is 7.57. The fourth-order valence-corrected chi connectivity index (χ4v) is 2.22. The van der Waals surface area contributed by atoms with Crippen molar-refractivity contribution in [3.63, 3.8) is 0 Å². The van der Waals surface area contributed by atoms with Gasteiger partial charge < -0.3 is 15.4 Å². The van der Waals surface area contributed by atoms with Gasteiger partial charge in [0.05, 0.1) is 0 Å². The Labute approximate surface area is 121 Å². The van der Waals surface area contributed by atoms with Crippen LogP contribution in [-0.4, -0.2) is 30.2 Å². The molecule has 0 radical (unpaired) electrons. The summed E-state index contributed by atoms with van der Waals surface area (Å²) >= 11 is 0. The van der Waals surface area contributed by atoms with Crippen LogP contribution in [0.4, 0.5) is 11.6 Å². The summed E-state index contributed by atoms with van der Waals surface area (Å²) in [6.45, 7) is 6.77. The van der Waals surface area contributed by atoms with E-state index in [2.05, 4.69) is 34.4 Å². The molecule has 5 nitrogen and oxygen atoms in total. The van der Waals surface area contributed by atoms with E-state index in [1.165, 1.54) is 12.8 Å².